The van der Waals surface area contributed by atoms with E-state index >= 15 is 0 Å². The zero-order chi connectivity index (χ0) is 21.2. The molecule has 0 amide bonds. The number of rotatable bonds is 6. The number of nitrogens with one attached hydrogen (secondary N) is 1. The summed E-state index contributed by atoms with van der Waals surface area (Å²) in [4.78, 5) is 26.4. The second-order valence-electron chi connectivity index (χ2n) is 6.11. The molecule has 29 heavy (non-hydrogen) atoms. The summed E-state index contributed by atoms with van der Waals surface area (Å²) < 4.78 is 27.1. The molecule has 0 aliphatic carbocycles. The average molecular weight is 415 g/mol. The maximum absolute atomic E-state index is 12.6. The molecular weight excluding hydrogens is 398 g/mol. The second-order valence-corrected chi connectivity index (χ2v) is 8.12. The lowest BCUT2D eigenvalue weighted by molar-refractivity contribution is -0.389. The van der Waals surface area contributed by atoms with Crippen molar-refractivity contribution < 1.29 is 13.3 Å². The molecule has 2 aromatic heterocycles. The molecule has 2 heterocycles. The lowest BCUT2D eigenvalue weighted by Gasteiger charge is -2.11. The van der Waals surface area contributed by atoms with Crippen LogP contribution in [0, 0.1) is 17.0 Å². The number of pyridine rings is 1. The fourth-order valence-corrected chi connectivity index (χ4v) is 3.26. The van der Waals surface area contributed by atoms with Gasteiger partial charge in [-0.1, -0.05) is 12.1 Å². The van der Waals surface area contributed by atoms with Crippen LogP contribution in [-0.2, 0) is 10.0 Å². The van der Waals surface area contributed by atoms with Gasteiger partial charge in [-0.05, 0) is 47.5 Å². The summed E-state index contributed by atoms with van der Waals surface area (Å²) in [5, 5.41) is 15.0. The molecule has 150 valence electrons. The maximum atomic E-state index is 12.6. The Morgan fingerprint density at radius 2 is 1.97 bits per heavy atom. The van der Waals surface area contributed by atoms with E-state index < -0.39 is 20.5 Å². The summed E-state index contributed by atoms with van der Waals surface area (Å²) in [6, 6.07) is 10.6. The summed E-state index contributed by atoms with van der Waals surface area (Å²) in [6.45, 7) is 3.24. The molecule has 0 bridgehead atoms. The Morgan fingerprint density at radius 1 is 1.21 bits per heavy atom. The van der Waals surface area contributed by atoms with Crippen molar-refractivity contribution in [3.63, 3.8) is 0 Å². The first-order valence-corrected chi connectivity index (χ1v) is 10.2. The average Bonchev–Trinajstić information content (AvgIpc) is 2.69. The SMILES string of the molecule is CCS(=O)(=O)Nc1cccc(-c2cc(=O)n(-c3ccc([N+](=O)[O-])nc3)nc2C)c1. The van der Waals surface area contributed by atoms with Crippen molar-refractivity contribution >= 4 is 21.5 Å². The van der Waals surface area contributed by atoms with Crippen molar-refractivity contribution in [2.45, 2.75) is 13.8 Å². The van der Waals surface area contributed by atoms with Crippen LogP contribution in [-0.4, -0.2) is 33.9 Å². The molecule has 1 N–H and O–H groups in total. The van der Waals surface area contributed by atoms with Crippen molar-refractivity contribution in [3.8, 4) is 16.8 Å². The number of anilines is 1. The van der Waals surface area contributed by atoms with Crippen LogP contribution in [0.3, 0.4) is 0 Å². The summed E-state index contributed by atoms with van der Waals surface area (Å²) in [5.74, 6) is -0.390. The number of aryl methyl sites for hydroxylation is 1. The Morgan fingerprint density at radius 3 is 2.59 bits per heavy atom. The van der Waals surface area contributed by atoms with Crippen LogP contribution in [0.15, 0.2) is 53.5 Å². The third-order valence-corrected chi connectivity index (χ3v) is 5.41. The van der Waals surface area contributed by atoms with Gasteiger partial charge in [-0.15, -0.1) is 0 Å². The van der Waals surface area contributed by atoms with Gasteiger partial charge < -0.3 is 10.1 Å². The van der Waals surface area contributed by atoms with Crippen molar-refractivity contribution in [3.05, 3.63) is 74.8 Å². The van der Waals surface area contributed by atoms with E-state index in [1.54, 1.807) is 31.2 Å². The van der Waals surface area contributed by atoms with E-state index in [9.17, 15) is 23.3 Å². The van der Waals surface area contributed by atoms with E-state index in [-0.39, 0.29) is 11.6 Å². The van der Waals surface area contributed by atoms with E-state index in [1.165, 1.54) is 31.3 Å². The first-order chi connectivity index (χ1) is 13.7. The Kier molecular flexibility index (Phi) is 5.41. The third kappa shape index (κ3) is 4.46. The van der Waals surface area contributed by atoms with Crippen molar-refractivity contribution in [1.29, 1.82) is 0 Å². The smallest absolute Gasteiger partial charge is 0.358 e. The molecule has 0 unspecified atom stereocenters. The number of nitrogens with zero attached hydrogens (tertiary/aromatic N) is 4. The Labute approximate surface area is 166 Å². The molecule has 0 spiro atoms. The Hall–Kier alpha value is -3.60. The predicted molar refractivity (Wildman–Crippen MR) is 108 cm³/mol. The number of hydrogen-bond acceptors (Lipinski definition) is 7. The standard InChI is InChI=1S/C18H17N5O5S/c1-3-29(27,28)21-14-6-4-5-13(9-14)16-10-18(24)22(20-12(16)2)15-7-8-17(19-11-15)23(25)26/h4-11,21H,3H2,1-2H3. The normalized spacial score (nSPS) is 11.2. The molecule has 0 saturated heterocycles. The summed E-state index contributed by atoms with van der Waals surface area (Å²) in [6.07, 6.45) is 1.20. The molecule has 0 aliphatic rings. The van der Waals surface area contributed by atoms with Gasteiger partial charge in [0.1, 0.15) is 5.69 Å². The van der Waals surface area contributed by atoms with Crippen LogP contribution < -0.4 is 10.3 Å². The number of benzene rings is 1. The maximum Gasteiger partial charge on any atom is 0.363 e. The van der Waals surface area contributed by atoms with Gasteiger partial charge in [0.2, 0.25) is 10.0 Å². The number of sulfonamides is 1. The highest BCUT2D eigenvalue weighted by Gasteiger charge is 2.13. The minimum Gasteiger partial charge on any atom is -0.358 e. The zero-order valence-electron chi connectivity index (χ0n) is 15.6. The predicted octanol–water partition coefficient (Wildman–Crippen LogP) is 2.27. The quantitative estimate of drug-likeness (QED) is 0.481. The minimum atomic E-state index is -3.43. The minimum absolute atomic E-state index is 0.0584. The Bertz CT molecular complexity index is 1240. The molecule has 1 aromatic carbocycles. The van der Waals surface area contributed by atoms with Gasteiger partial charge in [-0.2, -0.15) is 9.78 Å². The molecule has 0 atom stereocenters. The van der Waals surface area contributed by atoms with Crippen LogP contribution in [0.25, 0.3) is 16.8 Å². The third-order valence-electron chi connectivity index (χ3n) is 4.11. The number of hydrogen-bond donors (Lipinski definition) is 1. The molecule has 0 fully saturated rings. The van der Waals surface area contributed by atoms with Crippen LogP contribution in [0.5, 0.6) is 0 Å². The Balaban J connectivity index is 2.00. The van der Waals surface area contributed by atoms with E-state index in [1.807, 2.05) is 0 Å². The summed E-state index contributed by atoms with van der Waals surface area (Å²) in [7, 11) is -3.43. The van der Waals surface area contributed by atoms with Gasteiger partial charge in [0.25, 0.3) is 5.56 Å². The summed E-state index contributed by atoms with van der Waals surface area (Å²) >= 11 is 0. The molecule has 3 aromatic rings. The van der Waals surface area contributed by atoms with E-state index in [0.29, 0.717) is 28.2 Å². The second kappa shape index (κ2) is 7.80. The van der Waals surface area contributed by atoms with Gasteiger partial charge >= 0.3 is 5.82 Å². The lowest BCUT2D eigenvalue weighted by Crippen LogP contribution is -2.22. The lowest BCUT2D eigenvalue weighted by atomic mass is 10.0. The fraction of sp³-hybridized carbons (Fsp3) is 0.167. The van der Waals surface area contributed by atoms with Crippen LogP contribution in [0.2, 0.25) is 0 Å². The van der Waals surface area contributed by atoms with Gasteiger partial charge in [-0.3, -0.25) is 9.52 Å². The first-order valence-electron chi connectivity index (χ1n) is 8.53. The fourth-order valence-electron chi connectivity index (χ4n) is 2.63. The monoisotopic (exact) mass is 415 g/mol. The highest BCUT2D eigenvalue weighted by Crippen LogP contribution is 2.24. The topological polar surface area (TPSA) is 137 Å². The van der Waals surface area contributed by atoms with E-state index in [2.05, 4.69) is 14.8 Å². The molecule has 0 saturated carbocycles. The number of nitro groups is 1. The van der Waals surface area contributed by atoms with Crippen molar-refractivity contribution in [2.24, 2.45) is 0 Å². The van der Waals surface area contributed by atoms with Gasteiger partial charge in [0, 0.05) is 23.4 Å². The first kappa shape index (κ1) is 20.1. The van der Waals surface area contributed by atoms with Crippen molar-refractivity contribution in [1.82, 2.24) is 14.8 Å². The number of aromatic nitrogens is 3. The van der Waals surface area contributed by atoms with Crippen LogP contribution in [0.4, 0.5) is 11.5 Å². The van der Waals surface area contributed by atoms with Crippen LogP contribution in [0.1, 0.15) is 12.6 Å². The van der Waals surface area contributed by atoms with Gasteiger partial charge in [-0.25, -0.2) is 8.42 Å². The molecule has 10 nitrogen and oxygen atoms in total. The van der Waals surface area contributed by atoms with Crippen molar-refractivity contribution in [2.75, 3.05) is 10.5 Å². The summed E-state index contributed by atoms with van der Waals surface area (Å²) in [5.41, 5.74) is 1.89. The molecular formula is C18H17N5O5S. The largest absolute Gasteiger partial charge is 0.363 e. The van der Waals surface area contributed by atoms with E-state index in [4.69, 9.17) is 0 Å². The molecule has 3 rings (SSSR count). The highest BCUT2D eigenvalue weighted by atomic mass is 32.2. The molecule has 0 radical (unpaired) electrons. The highest BCUT2D eigenvalue weighted by molar-refractivity contribution is 7.92. The zero-order valence-corrected chi connectivity index (χ0v) is 16.4. The molecule has 0 aliphatic heterocycles. The van der Waals surface area contributed by atoms with E-state index in [0.717, 1.165) is 4.68 Å². The van der Waals surface area contributed by atoms with Crippen LogP contribution >= 0.6 is 0 Å². The molecule has 11 heteroatoms. The van der Waals surface area contributed by atoms with Gasteiger partial charge in [0.05, 0.1) is 11.4 Å². The van der Waals surface area contributed by atoms with Gasteiger partial charge in [0.15, 0.2) is 6.20 Å².